The van der Waals surface area contributed by atoms with E-state index in [1.807, 2.05) is 0 Å². The van der Waals surface area contributed by atoms with E-state index in [4.69, 9.17) is 11.5 Å². The number of hydrogen-bond donors (Lipinski definition) is 2. The smallest absolute Gasteiger partial charge is 0.326 e. The van der Waals surface area contributed by atoms with E-state index in [1.165, 1.54) is 12.8 Å². The van der Waals surface area contributed by atoms with Crippen molar-refractivity contribution in [2.24, 2.45) is 11.5 Å². The molecule has 2 unspecified atom stereocenters. The van der Waals surface area contributed by atoms with Crippen molar-refractivity contribution in [3.8, 4) is 0 Å². The molecule has 1 fully saturated rings. The number of hydrogen-bond acceptors (Lipinski definition) is 2. The molecular weight excluding hydrogens is 295 g/mol. The molecule has 0 aromatic heterocycles. The van der Waals surface area contributed by atoms with Gasteiger partial charge >= 0.3 is 21.1 Å². The molecule has 0 saturated heterocycles. The van der Waals surface area contributed by atoms with Gasteiger partial charge in [0, 0.05) is 12.1 Å². The molecule has 0 aromatic carbocycles. The van der Waals surface area contributed by atoms with E-state index in [1.54, 1.807) is 0 Å². The molecule has 0 heterocycles. The van der Waals surface area contributed by atoms with Gasteiger partial charge in [0.1, 0.15) is 0 Å². The van der Waals surface area contributed by atoms with Crippen LogP contribution < -0.4 is 11.5 Å². The number of rotatable bonds is 0. The maximum Gasteiger partial charge on any atom is 2.00 e. The van der Waals surface area contributed by atoms with Crippen molar-refractivity contribution < 1.29 is 21.1 Å². The van der Waals surface area contributed by atoms with E-state index in [-0.39, 0.29) is 33.1 Å². The summed E-state index contributed by atoms with van der Waals surface area (Å²) in [4.78, 5) is 0. The molecule has 0 aliphatic heterocycles. The van der Waals surface area contributed by atoms with E-state index >= 15 is 0 Å². The summed E-state index contributed by atoms with van der Waals surface area (Å²) in [5, 5.41) is 0. The minimum absolute atomic E-state index is 0. The van der Waals surface area contributed by atoms with Gasteiger partial charge in [0.25, 0.3) is 0 Å². The van der Waals surface area contributed by atoms with Crippen LogP contribution in [0.15, 0.2) is 0 Å². The summed E-state index contributed by atoms with van der Waals surface area (Å²) < 4.78 is 0. The Kier molecular flexibility index (Phi) is 4.73. The molecule has 56 valence electrons. The first-order valence-corrected chi connectivity index (χ1v) is 3.32. The standard InChI is InChI=1S/C6H14N2.Pt/c7-5-3-1-2-4-6(5)8;/h5-6H,1-4,7-8H2;/q;+2. The fraction of sp³-hybridized carbons (Fsp3) is 1.00. The molecule has 2 atom stereocenters. The van der Waals surface area contributed by atoms with Crippen LogP contribution in [0.2, 0.25) is 0 Å². The summed E-state index contributed by atoms with van der Waals surface area (Å²) in [7, 11) is 0. The average Bonchev–Trinajstić information content (AvgIpc) is 1.77. The second-order valence-electron chi connectivity index (χ2n) is 2.61. The first-order chi connectivity index (χ1) is 3.80. The monoisotopic (exact) mass is 309 g/mol. The van der Waals surface area contributed by atoms with E-state index in [2.05, 4.69) is 0 Å². The quantitative estimate of drug-likeness (QED) is 0.672. The molecular formula is C6H14N2Pt+2. The Balaban J connectivity index is 0.000000640. The fourth-order valence-electron chi connectivity index (χ4n) is 1.19. The zero-order valence-corrected chi connectivity index (χ0v) is 7.73. The van der Waals surface area contributed by atoms with Crippen LogP contribution in [-0.4, -0.2) is 12.1 Å². The summed E-state index contributed by atoms with van der Waals surface area (Å²) in [5.41, 5.74) is 11.3. The predicted octanol–water partition coefficient (Wildman–Crippen LogP) is 0.213. The van der Waals surface area contributed by atoms with Gasteiger partial charge in [-0.25, -0.2) is 0 Å². The molecule has 0 spiro atoms. The molecule has 1 aliphatic carbocycles. The van der Waals surface area contributed by atoms with Crippen molar-refractivity contribution in [1.82, 2.24) is 0 Å². The summed E-state index contributed by atoms with van der Waals surface area (Å²) in [5.74, 6) is 0. The normalized spacial score (nSPS) is 35.3. The van der Waals surface area contributed by atoms with E-state index in [0.717, 1.165) is 12.8 Å². The third kappa shape index (κ3) is 2.79. The van der Waals surface area contributed by atoms with E-state index in [9.17, 15) is 0 Å². The van der Waals surface area contributed by atoms with Crippen molar-refractivity contribution >= 4 is 0 Å². The molecule has 9 heavy (non-hydrogen) atoms. The Hall–Kier alpha value is 0.608. The maximum atomic E-state index is 5.65. The summed E-state index contributed by atoms with van der Waals surface area (Å²) in [6.45, 7) is 0. The Morgan fingerprint density at radius 2 is 1.22 bits per heavy atom. The molecule has 1 rings (SSSR count). The van der Waals surface area contributed by atoms with Gasteiger partial charge in [-0.15, -0.1) is 0 Å². The van der Waals surface area contributed by atoms with Crippen molar-refractivity contribution in [3.63, 3.8) is 0 Å². The first kappa shape index (κ1) is 9.61. The van der Waals surface area contributed by atoms with E-state index in [0.29, 0.717) is 0 Å². The van der Waals surface area contributed by atoms with E-state index < -0.39 is 0 Å². The molecule has 2 nitrogen and oxygen atoms in total. The summed E-state index contributed by atoms with van der Waals surface area (Å²) in [6, 6.07) is 0.562. The van der Waals surface area contributed by atoms with Crippen LogP contribution in [0.3, 0.4) is 0 Å². The van der Waals surface area contributed by atoms with Gasteiger partial charge in [0.2, 0.25) is 0 Å². The average molecular weight is 309 g/mol. The predicted molar refractivity (Wildman–Crippen MR) is 34.4 cm³/mol. The Labute approximate surface area is 70.6 Å². The molecule has 0 aromatic rings. The van der Waals surface area contributed by atoms with Crippen molar-refractivity contribution in [2.45, 2.75) is 37.8 Å². The van der Waals surface area contributed by atoms with Crippen molar-refractivity contribution in [2.75, 3.05) is 0 Å². The van der Waals surface area contributed by atoms with Crippen molar-refractivity contribution in [3.05, 3.63) is 0 Å². The van der Waals surface area contributed by atoms with Crippen LogP contribution >= 0.6 is 0 Å². The van der Waals surface area contributed by atoms with Crippen molar-refractivity contribution in [1.29, 1.82) is 0 Å². The summed E-state index contributed by atoms with van der Waals surface area (Å²) >= 11 is 0. The minimum Gasteiger partial charge on any atom is -0.326 e. The van der Waals surface area contributed by atoms with Gasteiger partial charge in [-0.3, -0.25) is 0 Å². The third-order valence-corrected chi connectivity index (χ3v) is 1.87. The zero-order valence-electron chi connectivity index (χ0n) is 5.45. The topological polar surface area (TPSA) is 52.0 Å². The molecule has 1 aliphatic rings. The molecule has 0 bridgehead atoms. The van der Waals surface area contributed by atoms with Crippen LogP contribution in [0.1, 0.15) is 25.7 Å². The van der Waals surface area contributed by atoms with Gasteiger partial charge in [-0.2, -0.15) is 0 Å². The minimum atomic E-state index is 0. The van der Waals surface area contributed by atoms with Gasteiger partial charge in [-0.05, 0) is 12.8 Å². The Bertz CT molecular complexity index is 67.5. The third-order valence-electron chi connectivity index (χ3n) is 1.87. The Morgan fingerprint density at radius 1 is 0.889 bits per heavy atom. The van der Waals surface area contributed by atoms with Gasteiger partial charge < -0.3 is 11.5 Å². The van der Waals surface area contributed by atoms with Crippen LogP contribution in [0, 0.1) is 0 Å². The van der Waals surface area contributed by atoms with Gasteiger partial charge in [0.15, 0.2) is 0 Å². The molecule has 4 N–H and O–H groups in total. The van der Waals surface area contributed by atoms with Crippen LogP contribution in [0.5, 0.6) is 0 Å². The van der Waals surface area contributed by atoms with Crippen LogP contribution in [0.25, 0.3) is 0 Å². The molecule has 0 amide bonds. The maximum absolute atomic E-state index is 5.65. The molecule has 3 heteroatoms. The second-order valence-corrected chi connectivity index (χ2v) is 2.61. The molecule has 1 saturated carbocycles. The SMILES string of the molecule is NC1CCCCC1N.[Pt+2]. The van der Waals surface area contributed by atoms with Gasteiger partial charge in [0.05, 0.1) is 0 Å². The fourth-order valence-corrected chi connectivity index (χ4v) is 1.19. The van der Waals surface area contributed by atoms with Gasteiger partial charge in [-0.1, -0.05) is 12.8 Å². The largest absolute Gasteiger partial charge is 2.00 e. The zero-order chi connectivity index (χ0) is 5.98. The van der Waals surface area contributed by atoms with Crippen LogP contribution in [-0.2, 0) is 21.1 Å². The number of nitrogens with two attached hydrogens (primary N) is 2. The second kappa shape index (κ2) is 4.43. The van der Waals surface area contributed by atoms with Crippen LogP contribution in [0.4, 0.5) is 0 Å². The summed E-state index contributed by atoms with van der Waals surface area (Å²) in [6.07, 6.45) is 4.80. The first-order valence-electron chi connectivity index (χ1n) is 3.32. The Morgan fingerprint density at radius 3 is 1.44 bits per heavy atom. The molecule has 0 radical (unpaired) electrons.